The van der Waals surface area contributed by atoms with Crippen molar-refractivity contribution < 1.29 is 9.72 Å². The highest BCUT2D eigenvalue weighted by molar-refractivity contribution is 5.94. The Labute approximate surface area is 106 Å². The van der Waals surface area contributed by atoms with Crippen molar-refractivity contribution in [2.75, 3.05) is 13.1 Å². The first-order valence-electron chi connectivity index (χ1n) is 5.92. The Balaban J connectivity index is 3.08. The van der Waals surface area contributed by atoms with Crippen LogP contribution in [-0.4, -0.2) is 33.8 Å². The molecule has 0 saturated heterocycles. The Bertz CT molecular complexity index is 460. The first kappa shape index (κ1) is 14.1. The third-order valence-corrected chi connectivity index (χ3v) is 2.54. The zero-order chi connectivity index (χ0) is 13.7. The van der Waals surface area contributed by atoms with Crippen molar-refractivity contribution in [1.29, 1.82) is 0 Å². The second-order valence-electron chi connectivity index (χ2n) is 4.00. The van der Waals surface area contributed by atoms with Crippen LogP contribution in [-0.2, 0) is 0 Å². The molecule has 1 rings (SSSR count). The minimum Gasteiger partial charge on any atom is -0.358 e. The summed E-state index contributed by atoms with van der Waals surface area (Å²) < 4.78 is 0. The molecule has 1 aromatic heterocycles. The van der Waals surface area contributed by atoms with Crippen LogP contribution in [0.3, 0.4) is 0 Å². The lowest BCUT2D eigenvalue weighted by Gasteiger charge is -2.19. The van der Waals surface area contributed by atoms with E-state index in [0.717, 1.165) is 6.42 Å². The Morgan fingerprint density at radius 2 is 2.11 bits per heavy atom. The lowest BCUT2D eigenvalue weighted by atomic mass is 10.2. The summed E-state index contributed by atoms with van der Waals surface area (Å²) in [5.41, 5.74) is 0.796. The molecule has 0 bridgehead atoms. The maximum atomic E-state index is 12.2. The van der Waals surface area contributed by atoms with E-state index in [1.807, 2.05) is 13.8 Å². The van der Waals surface area contributed by atoms with Crippen LogP contribution in [0.5, 0.6) is 0 Å². The molecule has 0 aliphatic rings. The van der Waals surface area contributed by atoms with Gasteiger partial charge in [0.25, 0.3) is 5.91 Å². The van der Waals surface area contributed by atoms with Gasteiger partial charge in [-0.25, -0.2) is 0 Å². The van der Waals surface area contributed by atoms with Gasteiger partial charge in [-0.15, -0.1) is 0 Å². The van der Waals surface area contributed by atoms with E-state index in [1.165, 1.54) is 6.07 Å². The molecule has 0 saturated carbocycles. The zero-order valence-electron chi connectivity index (χ0n) is 10.8. The van der Waals surface area contributed by atoms with E-state index in [-0.39, 0.29) is 11.7 Å². The van der Waals surface area contributed by atoms with E-state index < -0.39 is 4.92 Å². The van der Waals surface area contributed by atoms with E-state index >= 15 is 0 Å². The van der Waals surface area contributed by atoms with E-state index in [2.05, 4.69) is 4.98 Å². The third-order valence-electron chi connectivity index (χ3n) is 2.54. The van der Waals surface area contributed by atoms with Crippen LogP contribution in [0.25, 0.3) is 0 Å². The molecular weight excluding hydrogens is 234 g/mol. The van der Waals surface area contributed by atoms with Crippen LogP contribution in [0.2, 0.25) is 0 Å². The van der Waals surface area contributed by atoms with E-state index in [9.17, 15) is 14.9 Å². The van der Waals surface area contributed by atoms with Crippen LogP contribution in [0, 0.1) is 17.0 Å². The van der Waals surface area contributed by atoms with Gasteiger partial charge in [-0.05, 0) is 29.3 Å². The Kier molecular flexibility index (Phi) is 4.76. The highest BCUT2D eigenvalue weighted by Gasteiger charge is 2.19. The number of hydrogen-bond acceptors (Lipinski definition) is 4. The Morgan fingerprint density at radius 3 is 2.61 bits per heavy atom. The number of amides is 1. The number of carbonyl (C=O) groups is 1. The van der Waals surface area contributed by atoms with Crippen molar-refractivity contribution in [2.45, 2.75) is 27.2 Å². The first-order chi connectivity index (χ1) is 8.49. The summed E-state index contributed by atoms with van der Waals surface area (Å²) in [6, 6.07) is 2.81. The minimum absolute atomic E-state index is 0.187. The molecule has 0 N–H and O–H groups in total. The highest BCUT2D eigenvalue weighted by Crippen LogP contribution is 2.14. The molecule has 0 aromatic carbocycles. The molecule has 98 valence electrons. The number of nitrogens with zero attached hydrogens (tertiary/aromatic N) is 3. The smallest absolute Gasteiger partial charge is 0.358 e. The topological polar surface area (TPSA) is 76.3 Å². The molecule has 0 unspecified atom stereocenters. The maximum Gasteiger partial charge on any atom is 0.364 e. The Morgan fingerprint density at radius 1 is 1.44 bits per heavy atom. The largest absolute Gasteiger partial charge is 0.364 e. The number of aromatic nitrogens is 1. The van der Waals surface area contributed by atoms with E-state index in [1.54, 1.807) is 17.9 Å². The summed E-state index contributed by atoms with van der Waals surface area (Å²) in [6.45, 7) is 6.73. The van der Waals surface area contributed by atoms with Crippen molar-refractivity contribution in [2.24, 2.45) is 0 Å². The van der Waals surface area contributed by atoms with Gasteiger partial charge < -0.3 is 15.0 Å². The lowest BCUT2D eigenvalue weighted by Crippen LogP contribution is -2.31. The summed E-state index contributed by atoms with van der Waals surface area (Å²) in [6.07, 6.45) is 0.853. The highest BCUT2D eigenvalue weighted by atomic mass is 16.6. The van der Waals surface area contributed by atoms with Crippen molar-refractivity contribution in [3.8, 4) is 0 Å². The number of aryl methyl sites for hydroxylation is 1. The standard InChI is InChI=1S/C12H17N3O3/c1-4-6-14(5-2)12(16)10-7-9(3)13-11(8-10)15(17)18/h7-8H,4-6H2,1-3H3. The van der Waals surface area contributed by atoms with Gasteiger partial charge in [-0.3, -0.25) is 4.79 Å². The third kappa shape index (κ3) is 3.26. The fourth-order valence-corrected chi connectivity index (χ4v) is 1.72. The molecule has 0 radical (unpaired) electrons. The molecule has 1 heterocycles. The number of pyridine rings is 1. The average molecular weight is 251 g/mol. The van der Waals surface area contributed by atoms with Gasteiger partial charge in [0.1, 0.15) is 0 Å². The van der Waals surface area contributed by atoms with Crippen molar-refractivity contribution in [3.63, 3.8) is 0 Å². The van der Waals surface area contributed by atoms with Crippen LogP contribution in [0.1, 0.15) is 36.3 Å². The van der Waals surface area contributed by atoms with Gasteiger partial charge in [0, 0.05) is 26.1 Å². The predicted molar refractivity (Wildman–Crippen MR) is 67.5 cm³/mol. The fourth-order valence-electron chi connectivity index (χ4n) is 1.72. The zero-order valence-corrected chi connectivity index (χ0v) is 10.8. The number of rotatable bonds is 5. The van der Waals surface area contributed by atoms with Gasteiger partial charge in [0.2, 0.25) is 0 Å². The molecule has 0 spiro atoms. The lowest BCUT2D eigenvalue weighted by molar-refractivity contribution is -0.389. The van der Waals surface area contributed by atoms with Crippen LogP contribution in [0.15, 0.2) is 12.1 Å². The minimum atomic E-state index is -0.583. The predicted octanol–water partition coefficient (Wildman–Crippen LogP) is 2.17. The molecule has 0 atom stereocenters. The molecule has 6 nitrogen and oxygen atoms in total. The van der Waals surface area contributed by atoms with E-state index in [4.69, 9.17) is 0 Å². The van der Waals surface area contributed by atoms with Crippen LogP contribution in [0.4, 0.5) is 5.82 Å². The fraction of sp³-hybridized carbons (Fsp3) is 0.500. The van der Waals surface area contributed by atoms with E-state index in [0.29, 0.717) is 24.3 Å². The first-order valence-corrected chi connectivity index (χ1v) is 5.92. The molecule has 18 heavy (non-hydrogen) atoms. The monoisotopic (exact) mass is 251 g/mol. The summed E-state index contributed by atoms with van der Waals surface area (Å²) >= 11 is 0. The maximum absolute atomic E-state index is 12.2. The van der Waals surface area contributed by atoms with Gasteiger partial charge in [-0.1, -0.05) is 6.92 Å². The second-order valence-corrected chi connectivity index (χ2v) is 4.00. The van der Waals surface area contributed by atoms with Gasteiger partial charge in [-0.2, -0.15) is 0 Å². The van der Waals surface area contributed by atoms with Gasteiger partial charge in [0.15, 0.2) is 5.69 Å². The number of nitro groups is 1. The number of hydrogen-bond donors (Lipinski definition) is 0. The molecule has 0 aliphatic carbocycles. The van der Waals surface area contributed by atoms with Gasteiger partial charge in [0.05, 0.1) is 5.56 Å². The quantitative estimate of drug-likeness (QED) is 0.593. The second kappa shape index (κ2) is 6.09. The van der Waals surface area contributed by atoms with Crippen molar-refractivity contribution in [3.05, 3.63) is 33.5 Å². The van der Waals surface area contributed by atoms with Crippen molar-refractivity contribution >= 4 is 11.7 Å². The average Bonchev–Trinajstić information content (AvgIpc) is 2.34. The SMILES string of the molecule is CCCN(CC)C(=O)c1cc(C)nc([N+](=O)[O-])c1. The molecule has 1 amide bonds. The molecular formula is C12H17N3O3. The van der Waals surface area contributed by atoms with Gasteiger partial charge >= 0.3 is 5.82 Å². The van der Waals surface area contributed by atoms with Crippen LogP contribution >= 0.6 is 0 Å². The Hall–Kier alpha value is -1.98. The summed E-state index contributed by atoms with van der Waals surface area (Å²) in [7, 11) is 0. The van der Waals surface area contributed by atoms with Crippen LogP contribution < -0.4 is 0 Å². The molecule has 1 aromatic rings. The summed E-state index contributed by atoms with van der Waals surface area (Å²) in [4.78, 5) is 27.7. The normalized spacial score (nSPS) is 10.2. The molecule has 0 aliphatic heterocycles. The number of carbonyl (C=O) groups excluding carboxylic acids is 1. The summed E-state index contributed by atoms with van der Waals surface area (Å²) in [5, 5.41) is 10.7. The summed E-state index contributed by atoms with van der Waals surface area (Å²) in [5.74, 6) is -0.473. The van der Waals surface area contributed by atoms with Crippen molar-refractivity contribution in [1.82, 2.24) is 9.88 Å². The molecule has 0 fully saturated rings. The molecule has 6 heteroatoms.